The van der Waals surface area contributed by atoms with Gasteiger partial charge in [0.1, 0.15) is 11.5 Å². The average molecular weight is 333 g/mol. The highest BCUT2D eigenvalue weighted by molar-refractivity contribution is 9.10. The van der Waals surface area contributed by atoms with Crippen molar-refractivity contribution in [3.63, 3.8) is 0 Å². The van der Waals surface area contributed by atoms with Crippen LogP contribution in [0.25, 0.3) is 0 Å². The smallest absolute Gasteiger partial charge is 0.133 e. The van der Waals surface area contributed by atoms with Crippen molar-refractivity contribution >= 4 is 15.9 Å². The topological polar surface area (TPSA) is 29.5 Å². The highest BCUT2D eigenvalue weighted by Gasteiger charge is 2.11. The maximum Gasteiger partial charge on any atom is 0.133 e. The molecule has 2 nitrogen and oxygen atoms in total. The van der Waals surface area contributed by atoms with Gasteiger partial charge in [-0.15, -0.1) is 0 Å². The van der Waals surface area contributed by atoms with E-state index in [1.807, 2.05) is 24.3 Å². The Hall–Kier alpha value is -1.32. The number of aliphatic hydroxyl groups excluding tert-OH is 1. The van der Waals surface area contributed by atoms with Crippen molar-refractivity contribution in [2.75, 3.05) is 0 Å². The second kappa shape index (κ2) is 5.98. The summed E-state index contributed by atoms with van der Waals surface area (Å²) in [4.78, 5) is 0. The molecule has 3 rings (SSSR count). The van der Waals surface area contributed by atoms with Crippen molar-refractivity contribution in [3.05, 3.63) is 57.6 Å². The van der Waals surface area contributed by atoms with Crippen LogP contribution in [0.5, 0.6) is 11.5 Å². The quantitative estimate of drug-likeness (QED) is 0.889. The summed E-state index contributed by atoms with van der Waals surface area (Å²) in [6, 6.07) is 12.0. The van der Waals surface area contributed by atoms with Gasteiger partial charge in [0.25, 0.3) is 0 Å². The molecule has 104 valence electrons. The van der Waals surface area contributed by atoms with E-state index in [0.29, 0.717) is 5.75 Å². The molecule has 0 radical (unpaired) electrons. The first kappa shape index (κ1) is 13.7. The van der Waals surface area contributed by atoms with Gasteiger partial charge in [-0.3, -0.25) is 0 Å². The van der Waals surface area contributed by atoms with E-state index in [1.54, 1.807) is 0 Å². The van der Waals surface area contributed by atoms with Gasteiger partial charge in [-0.1, -0.05) is 22.0 Å². The van der Waals surface area contributed by atoms with Crippen molar-refractivity contribution in [2.45, 2.75) is 32.3 Å². The Labute approximate surface area is 127 Å². The number of hydrogen-bond donors (Lipinski definition) is 1. The average Bonchev–Trinajstić information content (AvgIpc) is 2.49. The van der Waals surface area contributed by atoms with Gasteiger partial charge in [0.2, 0.25) is 0 Å². The summed E-state index contributed by atoms with van der Waals surface area (Å²) in [6.07, 6.45) is 4.86. The number of ether oxygens (including phenoxy) is 1. The normalized spacial score (nSPS) is 13.9. The summed E-state index contributed by atoms with van der Waals surface area (Å²) in [7, 11) is 0. The van der Waals surface area contributed by atoms with E-state index < -0.39 is 0 Å². The van der Waals surface area contributed by atoms with Crippen LogP contribution in [0.15, 0.2) is 40.9 Å². The first-order valence-corrected chi connectivity index (χ1v) is 7.74. The number of hydrogen-bond acceptors (Lipinski definition) is 2. The third-order valence-corrected chi connectivity index (χ3v) is 4.23. The van der Waals surface area contributed by atoms with Gasteiger partial charge in [0.05, 0.1) is 6.61 Å². The summed E-state index contributed by atoms with van der Waals surface area (Å²) in [6.45, 7) is -0.0281. The van der Waals surface area contributed by atoms with Crippen LogP contribution in [0, 0.1) is 0 Å². The zero-order valence-electron chi connectivity index (χ0n) is 11.2. The third kappa shape index (κ3) is 2.89. The molecule has 0 aliphatic heterocycles. The van der Waals surface area contributed by atoms with E-state index >= 15 is 0 Å². The number of benzene rings is 2. The second-order valence-electron chi connectivity index (χ2n) is 5.15. The molecule has 0 atom stereocenters. The molecule has 2 aromatic rings. The summed E-state index contributed by atoms with van der Waals surface area (Å²) < 4.78 is 6.88. The van der Waals surface area contributed by atoms with Crippen molar-refractivity contribution in [2.24, 2.45) is 0 Å². The van der Waals surface area contributed by atoms with Gasteiger partial charge in [0.15, 0.2) is 0 Å². The highest BCUT2D eigenvalue weighted by Crippen LogP contribution is 2.31. The van der Waals surface area contributed by atoms with Crippen LogP contribution in [-0.4, -0.2) is 5.11 Å². The van der Waals surface area contributed by atoms with Gasteiger partial charge in [-0.2, -0.15) is 0 Å². The number of fused-ring (bicyclic) bond motifs is 1. The van der Waals surface area contributed by atoms with E-state index in [0.717, 1.165) is 22.2 Å². The summed E-state index contributed by atoms with van der Waals surface area (Å²) in [5.41, 5.74) is 3.63. The second-order valence-corrected chi connectivity index (χ2v) is 6.07. The fraction of sp³-hybridized carbons (Fsp3) is 0.294. The maximum atomic E-state index is 9.41. The van der Waals surface area contributed by atoms with Gasteiger partial charge >= 0.3 is 0 Å². The van der Waals surface area contributed by atoms with Gasteiger partial charge in [0, 0.05) is 10.0 Å². The fourth-order valence-corrected chi connectivity index (χ4v) is 3.08. The molecular weight excluding hydrogens is 316 g/mol. The monoisotopic (exact) mass is 332 g/mol. The lowest BCUT2D eigenvalue weighted by Gasteiger charge is -2.17. The predicted molar refractivity (Wildman–Crippen MR) is 83.2 cm³/mol. The Bertz CT molecular complexity index is 622. The minimum absolute atomic E-state index is 0.0281. The zero-order chi connectivity index (χ0) is 13.9. The summed E-state index contributed by atoms with van der Waals surface area (Å²) in [5.74, 6) is 1.56. The minimum Gasteiger partial charge on any atom is -0.457 e. The van der Waals surface area contributed by atoms with Crippen molar-refractivity contribution in [1.82, 2.24) is 0 Å². The molecule has 0 amide bonds. The van der Waals surface area contributed by atoms with Crippen LogP contribution in [0.4, 0.5) is 0 Å². The largest absolute Gasteiger partial charge is 0.457 e. The highest BCUT2D eigenvalue weighted by atomic mass is 79.9. The lowest BCUT2D eigenvalue weighted by molar-refractivity contribution is 0.276. The van der Waals surface area contributed by atoms with Crippen LogP contribution in [0.3, 0.4) is 0 Å². The standard InChI is InChI=1S/C17H17BrO2/c18-15-6-8-17(14(9-15)11-19)20-16-7-5-12-3-1-2-4-13(12)10-16/h5-10,19H,1-4,11H2. The Balaban J connectivity index is 1.87. The molecule has 0 aromatic heterocycles. The molecule has 0 saturated heterocycles. The lowest BCUT2D eigenvalue weighted by Crippen LogP contribution is -2.02. The number of aryl methyl sites for hydroxylation is 2. The number of rotatable bonds is 3. The minimum atomic E-state index is -0.0281. The Morgan fingerprint density at radius 1 is 1.00 bits per heavy atom. The van der Waals surface area contributed by atoms with Gasteiger partial charge in [-0.25, -0.2) is 0 Å². The fourth-order valence-electron chi connectivity index (χ4n) is 2.67. The molecule has 0 saturated carbocycles. The van der Waals surface area contributed by atoms with Gasteiger partial charge in [-0.05, 0) is 67.1 Å². The lowest BCUT2D eigenvalue weighted by atomic mass is 9.92. The Morgan fingerprint density at radius 2 is 1.80 bits per heavy atom. The SMILES string of the molecule is OCc1cc(Br)ccc1Oc1ccc2c(c1)CCCC2. The van der Waals surface area contributed by atoms with Crippen LogP contribution in [0.1, 0.15) is 29.5 Å². The molecule has 3 heteroatoms. The van der Waals surface area contributed by atoms with Crippen molar-refractivity contribution in [1.29, 1.82) is 0 Å². The first-order valence-electron chi connectivity index (χ1n) is 6.95. The predicted octanol–water partition coefficient (Wildman–Crippen LogP) is 4.61. The van der Waals surface area contributed by atoms with Crippen molar-refractivity contribution < 1.29 is 9.84 Å². The first-order chi connectivity index (χ1) is 9.76. The number of halogens is 1. The zero-order valence-corrected chi connectivity index (χ0v) is 12.8. The van der Waals surface area contributed by atoms with E-state index in [9.17, 15) is 5.11 Å². The van der Waals surface area contributed by atoms with Gasteiger partial charge < -0.3 is 9.84 Å². The molecule has 0 unspecified atom stereocenters. The van der Waals surface area contributed by atoms with E-state index in [-0.39, 0.29) is 6.61 Å². The number of aliphatic hydroxyl groups is 1. The molecular formula is C17H17BrO2. The molecule has 0 fully saturated rings. The van der Waals surface area contributed by atoms with Crippen LogP contribution < -0.4 is 4.74 Å². The molecule has 1 aliphatic carbocycles. The Morgan fingerprint density at radius 3 is 2.60 bits per heavy atom. The van der Waals surface area contributed by atoms with E-state index in [1.165, 1.54) is 30.4 Å². The molecule has 1 aliphatic rings. The third-order valence-electron chi connectivity index (χ3n) is 3.74. The summed E-state index contributed by atoms with van der Waals surface area (Å²) in [5, 5.41) is 9.41. The summed E-state index contributed by atoms with van der Waals surface area (Å²) >= 11 is 3.41. The van der Waals surface area contributed by atoms with Crippen LogP contribution in [0.2, 0.25) is 0 Å². The maximum absolute atomic E-state index is 9.41. The van der Waals surface area contributed by atoms with E-state index in [2.05, 4.69) is 28.1 Å². The molecule has 0 bridgehead atoms. The Kier molecular flexibility index (Phi) is 4.08. The van der Waals surface area contributed by atoms with Crippen molar-refractivity contribution in [3.8, 4) is 11.5 Å². The molecule has 1 N–H and O–H groups in total. The molecule has 0 heterocycles. The molecule has 2 aromatic carbocycles. The van der Waals surface area contributed by atoms with E-state index in [4.69, 9.17) is 4.74 Å². The van der Waals surface area contributed by atoms with Crippen LogP contribution in [-0.2, 0) is 19.4 Å². The molecule has 20 heavy (non-hydrogen) atoms. The van der Waals surface area contributed by atoms with Crippen LogP contribution >= 0.6 is 15.9 Å². The molecule has 0 spiro atoms.